The Kier molecular flexibility index (Phi) is 5.60. The standard InChI is InChI=1S/C23H17ClN2O5/c1-29-22(27)15-7-5-6-12-26(20(15)23(28)30-2)18-13-14(10-11-16(18)24)21-25-17-8-3-4-9-19(17)31-21/h3-13H,1-2H3. The first-order chi connectivity index (χ1) is 15.0. The Hall–Kier alpha value is -3.84. The first kappa shape index (κ1) is 20.4. The van der Waals surface area contributed by atoms with Crippen LogP contribution in [-0.4, -0.2) is 31.1 Å². The van der Waals surface area contributed by atoms with Crippen molar-refractivity contribution in [2.75, 3.05) is 19.1 Å². The Bertz CT molecular complexity index is 1240. The Morgan fingerprint density at radius 3 is 2.55 bits per heavy atom. The van der Waals surface area contributed by atoms with Crippen LogP contribution < -0.4 is 4.90 Å². The van der Waals surface area contributed by atoms with Crippen molar-refractivity contribution in [1.29, 1.82) is 0 Å². The van der Waals surface area contributed by atoms with Crippen LogP contribution in [0.15, 0.2) is 82.6 Å². The number of esters is 2. The molecule has 0 bridgehead atoms. The van der Waals surface area contributed by atoms with Crippen molar-refractivity contribution >= 4 is 40.3 Å². The third-order valence-corrected chi connectivity index (χ3v) is 4.96. The average Bonchev–Trinajstić information content (AvgIpc) is 3.11. The number of halogens is 1. The van der Waals surface area contributed by atoms with E-state index >= 15 is 0 Å². The molecule has 31 heavy (non-hydrogen) atoms. The first-order valence-electron chi connectivity index (χ1n) is 9.24. The first-order valence-corrected chi connectivity index (χ1v) is 9.61. The number of aromatic nitrogens is 1. The van der Waals surface area contributed by atoms with Crippen LogP contribution in [0.1, 0.15) is 0 Å². The van der Waals surface area contributed by atoms with Gasteiger partial charge in [0.1, 0.15) is 11.2 Å². The van der Waals surface area contributed by atoms with E-state index in [1.165, 1.54) is 25.2 Å². The number of rotatable bonds is 4. The molecule has 0 aliphatic carbocycles. The summed E-state index contributed by atoms with van der Waals surface area (Å²) < 4.78 is 15.6. The van der Waals surface area contributed by atoms with Gasteiger partial charge >= 0.3 is 11.9 Å². The largest absolute Gasteiger partial charge is 0.465 e. The minimum atomic E-state index is -0.722. The minimum Gasteiger partial charge on any atom is -0.465 e. The van der Waals surface area contributed by atoms with Crippen molar-refractivity contribution in [2.45, 2.75) is 0 Å². The highest BCUT2D eigenvalue weighted by Gasteiger charge is 2.28. The molecule has 0 atom stereocenters. The number of fused-ring (bicyclic) bond motifs is 1. The van der Waals surface area contributed by atoms with Crippen molar-refractivity contribution < 1.29 is 23.5 Å². The fourth-order valence-electron chi connectivity index (χ4n) is 3.18. The second kappa shape index (κ2) is 8.49. The molecule has 0 unspecified atom stereocenters. The molecule has 7 nitrogen and oxygen atoms in total. The van der Waals surface area contributed by atoms with E-state index in [0.29, 0.717) is 27.7 Å². The molecule has 3 aromatic rings. The van der Waals surface area contributed by atoms with Crippen LogP contribution in [0.4, 0.5) is 5.69 Å². The number of nitrogens with zero attached hydrogens (tertiary/aromatic N) is 2. The number of benzene rings is 2. The summed E-state index contributed by atoms with van der Waals surface area (Å²) >= 11 is 6.49. The van der Waals surface area contributed by atoms with Crippen molar-refractivity contribution in [3.8, 4) is 11.5 Å². The van der Waals surface area contributed by atoms with E-state index in [2.05, 4.69) is 4.98 Å². The summed E-state index contributed by atoms with van der Waals surface area (Å²) in [5, 5.41) is 0.344. The van der Waals surface area contributed by atoms with Crippen molar-refractivity contribution in [3.05, 3.63) is 83.2 Å². The van der Waals surface area contributed by atoms with E-state index in [1.54, 1.807) is 36.6 Å². The molecule has 156 valence electrons. The predicted molar refractivity (Wildman–Crippen MR) is 116 cm³/mol. The summed E-state index contributed by atoms with van der Waals surface area (Å²) in [7, 11) is 2.47. The van der Waals surface area contributed by atoms with Crippen LogP contribution in [-0.2, 0) is 19.1 Å². The normalized spacial score (nSPS) is 13.5. The zero-order chi connectivity index (χ0) is 22.0. The van der Waals surface area contributed by atoms with Crippen molar-refractivity contribution in [1.82, 2.24) is 4.98 Å². The maximum Gasteiger partial charge on any atom is 0.355 e. The van der Waals surface area contributed by atoms with Gasteiger partial charge in [0.25, 0.3) is 0 Å². The van der Waals surface area contributed by atoms with Gasteiger partial charge in [-0.1, -0.05) is 29.8 Å². The van der Waals surface area contributed by atoms with Gasteiger partial charge in [0, 0.05) is 11.8 Å². The predicted octanol–water partition coefficient (Wildman–Crippen LogP) is 4.64. The molecule has 0 N–H and O–H groups in total. The third kappa shape index (κ3) is 3.83. The average molecular weight is 437 g/mol. The van der Waals surface area contributed by atoms with Gasteiger partial charge in [0.2, 0.25) is 5.89 Å². The molecule has 1 aliphatic rings. The number of allylic oxidation sites excluding steroid dienone is 2. The monoisotopic (exact) mass is 436 g/mol. The molecular formula is C23H17ClN2O5. The number of hydrogen-bond donors (Lipinski definition) is 0. The van der Waals surface area contributed by atoms with E-state index in [4.69, 9.17) is 25.5 Å². The van der Waals surface area contributed by atoms with Crippen LogP contribution >= 0.6 is 11.6 Å². The summed E-state index contributed by atoms with van der Waals surface area (Å²) in [6, 6.07) is 12.6. The Balaban J connectivity index is 1.88. The van der Waals surface area contributed by atoms with Crippen molar-refractivity contribution in [2.24, 2.45) is 0 Å². The number of para-hydroxylation sites is 2. The lowest BCUT2D eigenvalue weighted by Crippen LogP contribution is -2.27. The van der Waals surface area contributed by atoms with Gasteiger partial charge in [-0.05, 0) is 42.5 Å². The van der Waals surface area contributed by atoms with Crippen LogP contribution in [0.25, 0.3) is 22.6 Å². The molecule has 1 aromatic heterocycles. The van der Waals surface area contributed by atoms with Gasteiger partial charge in [0.05, 0.1) is 30.5 Å². The molecular weight excluding hydrogens is 420 g/mol. The number of methoxy groups -OCH3 is 2. The quantitative estimate of drug-likeness (QED) is 0.551. The van der Waals surface area contributed by atoms with Gasteiger partial charge in [-0.25, -0.2) is 14.6 Å². The number of oxazole rings is 1. The van der Waals surface area contributed by atoms with Gasteiger partial charge < -0.3 is 18.8 Å². The van der Waals surface area contributed by atoms with E-state index in [-0.39, 0.29) is 11.3 Å². The smallest absolute Gasteiger partial charge is 0.355 e. The van der Waals surface area contributed by atoms with Gasteiger partial charge in [-0.15, -0.1) is 0 Å². The second-order valence-electron chi connectivity index (χ2n) is 6.47. The number of ether oxygens (including phenoxy) is 2. The fraction of sp³-hybridized carbons (Fsp3) is 0.0870. The highest BCUT2D eigenvalue weighted by Crippen LogP contribution is 2.36. The highest BCUT2D eigenvalue weighted by atomic mass is 35.5. The third-order valence-electron chi connectivity index (χ3n) is 4.64. The molecule has 0 saturated heterocycles. The molecule has 1 aliphatic heterocycles. The highest BCUT2D eigenvalue weighted by molar-refractivity contribution is 6.33. The Labute approximate surface area is 182 Å². The van der Waals surface area contributed by atoms with Crippen LogP contribution in [0, 0.1) is 0 Å². The lowest BCUT2D eigenvalue weighted by Gasteiger charge is -2.24. The maximum atomic E-state index is 12.6. The maximum absolute atomic E-state index is 12.6. The van der Waals surface area contributed by atoms with Crippen LogP contribution in [0.5, 0.6) is 0 Å². The summed E-state index contributed by atoms with van der Waals surface area (Å²) in [5.41, 5.74) is 2.44. The summed E-state index contributed by atoms with van der Waals surface area (Å²) in [6.45, 7) is 0. The molecule has 4 rings (SSSR count). The molecule has 0 amide bonds. The van der Waals surface area contributed by atoms with Gasteiger partial charge in [0.15, 0.2) is 5.58 Å². The number of carbonyl (C=O) groups is 2. The Morgan fingerprint density at radius 2 is 1.81 bits per heavy atom. The molecule has 8 heteroatoms. The molecule has 2 heterocycles. The van der Waals surface area contributed by atoms with Crippen LogP contribution in [0.2, 0.25) is 5.02 Å². The second-order valence-corrected chi connectivity index (χ2v) is 6.88. The minimum absolute atomic E-state index is 0.0303. The van der Waals surface area contributed by atoms with Gasteiger partial charge in [-0.2, -0.15) is 0 Å². The molecule has 2 aromatic carbocycles. The van der Waals surface area contributed by atoms with Gasteiger partial charge in [-0.3, -0.25) is 0 Å². The zero-order valence-corrected chi connectivity index (χ0v) is 17.4. The zero-order valence-electron chi connectivity index (χ0n) is 16.7. The number of hydrogen-bond acceptors (Lipinski definition) is 7. The SMILES string of the molecule is COC(=O)C1=C(C(=O)OC)N(c2cc(-c3nc4ccccc4o3)ccc2Cl)C=CC=C1. The number of anilines is 1. The summed E-state index contributed by atoms with van der Waals surface area (Å²) in [4.78, 5) is 31.0. The van der Waals surface area contributed by atoms with E-state index in [0.717, 1.165) is 5.52 Å². The van der Waals surface area contributed by atoms with E-state index in [1.807, 2.05) is 24.3 Å². The molecule has 0 spiro atoms. The number of carbonyl (C=O) groups excluding carboxylic acids is 2. The fourth-order valence-corrected chi connectivity index (χ4v) is 3.39. The lowest BCUT2D eigenvalue weighted by atomic mass is 10.1. The summed E-state index contributed by atoms with van der Waals surface area (Å²) in [5.74, 6) is -1.01. The molecule has 0 fully saturated rings. The Morgan fingerprint density at radius 1 is 1.03 bits per heavy atom. The molecule has 0 radical (unpaired) electrons. The van der Waals surface area contributed by atoms with E-state index < -0.39 is 11.9 Å². The molecule has 0 saturated carbocycles. The lowest BCUT2D eigenvalue weighted by molar-refractivity contribution is -0.139. The van der Waals surface area contributed by atoms with Crippen molar-refractivity contribution in [3.63, 3.8) is 0 Å². The van der Waals surface area contributed by atoms with E-state index in [9.17, 15) is 9.59 Å². The van der Waals surface area contributed by atoms with Crippen LogP contribution in [0.3, 0.4) is 0 Å². The topological polar surface area (TPSA) is 81.9 Å². The summed E-state index contributed by atoms with van der Waals surface area (Å²) in [6.07, 6.45) is 6.37.